The van der Waals surface area contributed by atoms with Crippen LogP contribution in [0.1, 0.15) is 50.2 Å². The zero-order valence-corrected chi connectivity index (χ0v) is 17.9. The molecule has 1 saturated carbocycles. The van der Waals surface area contributed by atoms with E-state index in [-0.39, 0.29) is 24.0 Å². The fourth-order valence-electron chi connectivity index (χ4n) is 3.90. The van der Waals surface area contributed by atoms with Crippen LogP contribution in [0.5, 0.6) is 0 Å². The number of nitrogens with zero attached hydrogens (tertiary/aromatic N) is 2. The molecule has 0 radical (unpaired) electrons. The lowest BCUT2D eigenvalue weighted by Gasteiger charge is -2.38. The molecule has 1 aromatic carbocycles. The van der Waals surface area contributed by atoms with Gasteiger partial charge in [0.25, 0.3) is 0 Å². The Kier molecular flexibility index (Phi) is 8.00. The summed E-state index contributed by atoms with van der Waals surface area (Å²) in [5.74, 6) is 1.04. The molecule has 1 aliphatic heterocycles. The van der Waals surface area contributed by atoms with Crippen LogP contribution in [0.2, 0.25) is 0 Å². The van der Waals surface area contributed by atoms with Crippen LogP contribution in [0.15, 0.2) is 29.3 Å². The Bertz CT molecular complexity index is 572. The normalized spacial score (nSPS) is 18.8. The Morgan fingerprint density at radius 2 is 2.00 bits per heavy atom. The summed E-state index contributed by atoms with van der Waals surface area (Å²) in [6.45, 7) is 6.77. The van der Waals surface area contributed by atoms with Crippen LogP contribution in [0.4, 0.5) is 0 Å². The van der Waals surface area contributed by atoms with Crippen molar-refractivity contribution in [2.45, 2.75) is 52.2 Å². The highest BCUT2D eigenvalue weighted by atomic mass is 127. The van der Waals surface area contributed by atoms with Gasteiger partial charge in [-0.05, 0) is 42.2 Å². The number of hydrogen-bond acceptors (Lipinski definition) is 2. The van der Waals surface area contributed by atoms with Gasteiger partial charge in [0.05, 0.1) is 6.61 Å². The van der Waals surface area contributed by atoms with Gasteiger partial charge in [-0.15, -0.1) is 24.0 Å². The summed E-state index contributed by atoms with van der Waals surface area (Å²) in [5, 5.41) is 3.56. The summed E-state index contributed by atoms with van der Waals surface area (Å²) in [7, 11) is 1.89. The van der Waals surface area contributed by atoms with Crippen LogP contribution in [0.25, 0.3) is 0 Å². The zero-order chi connectivity index (χ0) is 16.8. The van der Waals surface area contributed by atoms with Crippen LogP contribution in [-0.2, 0) is 17.9 Å². The first kappa shape index (κ1) is 20.5. The van der Waals surface area contributed by atoms with Crippen LogP contribution in [-0.4, -0.2) is 37.6 Å². The third-order valence-corrected chi connectivity index (χ3v) is 5.53. The quantitative estimate of drug-likeness (QED) is 0.301. The number of aliphatic imine (C=N–C) groups is 1. The maximum absolute atomic E-state index is 5.72. The molecule has 0 amide bonds. The monoisotopic (exact) mass is 457 g/mol. The number of benzene rings is 1. The SMILES string of the molecule is CCCOCc1ccccc1CNC(=NC)N1CCC2(CCC2)C1.I. The van der Waals surface area contributed by atoms with Crippen LogP contribution >= 0.6 is 24.0 Å². The lowest BCUT2D eigenvalue weighted by Crippen LogP contribution is -2.42. The zero-order valence-electron chi connectivity index (χ0n) is 15.6. The van der Waals surface area contributed by atoms with Crippen molar-refractivity contribution in [1.82, 2.24) is 10.2 Å². The first-order valence-electron chi connectivity index (χ1n) is 9.36. The van der Waals surface area contributed by atoms with Crippen molar-refractivity contribution in [2.24, 2.45) is 10.4 Å². The van der Waals surface area contributed by atoms with Gasteiger partial charge in [-0.3, -0.25) is 4.99 Å². The van der Waals surface area contributed by atoms with Gasteiger partial charge < -0.3 is 15.0 Å². The molecule has 5 heteroatoms. The lowest BCUT2D eigenvalue weighted by atomic mass is 9.68. The molecule has 1 aliphatic carbocycles. The van der Waals surface area contributed by atoms with E-state index in [0.29, 0.717) is 12.0 Å². The molecule has 0 bridgehead atoms. The number of hydrogen-bond donors (Lipinski definition) is 1. The lowest BCUT2D eigenvalue weighted by molar-refractivity contribution is 0.121. The van der Waals surface area contributed by atoms with E-state index in [1.54, 1.807) is 0 Å². The van der Waals surface area contributed by atoms with Gasteiger partial charge in [0.15, 0.2) is 5.96 Å². The highest BCUT2D eigenvalue weighted by Gasteiger charge is 2.43. The molecule has 0 unspecified atom stereocenters. The standard InChI is InChI=1S/C20H31N3O.HI/c1-3-13-24-15-18-8-5-4-7-17(18)14-22-19(21-2)23-12-11-20(16-23)9-6-10-20;/h4-5,7-8H,3,6,9-16H2,1-2H3,(H,21,22);1H. The third-order valence-electron chi connectivity index (χ3n) is 5.53. The number of halogens is 1. The minimum atomic E-state index is 0. The second kappa shape index (κ2) is 9.76. The summed E-state index contributed by atoms with van der Waals surface area (Å²) < 4.78 is 5.72. The average molecular weight is 457 g/mol. The van der Waals surface area contributed by atoms with Gasteiger partial charge >= 0.3 is 0 Å². The molecule has 1 saturated heterocycles. The number of likely N-dealkylation sites (tertiary alicyclic amines) is 1. The Hall–Kier alpha value is -0.820. The van der Waals surface area contributed by atoms with Crippen LogP contribution in [0, 0.1) is 5.41 Å². The molecule has 3 rings (SSSR count). The summed E-state index contributed by atoms with van der Waals surface area (Å²) in [5.41, 5.74) is 3.17. The van der Waals surface area contributed by atoms with Gasteiger partial charge in [0.1, 0.15) is 0 Å². The molecule has 1 N–H and O–H groups in total. The van der Waals surface area contributed by atoms with Crippen molar-refractivity contribution in [2.75, 3.05) is 26.7 Å². The maximum atomic E-state index is 5.72. The highest BCUT2D eigenvalue weighted by molar-refractivity contribution is 14.0. The second-order valence-electron chi connectivity index (χ2n) is 7.25. The van der Waals surface area contributed by atoms with Crippen molar-refractivity contribution in [3.05, 3.63) is 35.4 Å². The maximum Gasteiger partial charge on any atom is 0.193 e. The molecular weight excluding hydrogens is 425 g/mol. The Labute approximate surface area is 169 Å². The molecule has 2 aliphatic rings. The first-order chi connectivity index (χ1) is 11.8. The number of nitrogens with one attached hydrogen (secondary N) is 1. The number of guanidine groups is 1. The molecule has 4 nitrogen and oxygen atoms in total. The third kappa shape index (κ3) is 5.09. The van der Waals surface area contributed by atoms with Gasteiger partial charge in [-0.2, -0.15) is 0 Å². The molecule has 140 valence electrons. The molecule has 0 atom stereocenters. The van der Waals surface area contributed by atoms with E-state index >= 15 is 0 Å². The van der Waals surface area contributed by atoms with Crippen molar-refractivity contribution in [3.8, 4) is 0 Å². The van der Waals surface area contributed by atoms with Crippen molar-refractivity contribution >= 4 is 29.9 Å². The van der Waals surface area contributed by atoms with E-state index in [1.165, 1.54) is 43.4 Å². The minimum Gasteiger partial charge on any atom is -0.377 e. The number of rotatable bonds is 6. The van der Waals surface area contributed by atoms with Crippen LogP contribution in [0.3, 0.4) is 0 Å². The topological polar surface area (TPSA) is 36.9 Å². The van der Waals surface area contributed by atoms with E-state index in [4.69, 9.17) is 4.74 Å². The Morgan fingerprint density at radius 1 is 1.24 bits per heavy atom. The molecule has 1 heterocycles. The fourth-order valence-corrected chi connectivity index (χ4v) is 3.90. The molecular formula is C20H32IN3O. The summed E-state index contributed by atoms with van der Waals surface area (Å²) >= 11 is 0. The molecule has 25 heavy (non-hydrogen) atoms. The first-order valence-corrected chi connectivity index (χ1v) is 9.36. The van der Waals surface area contributed by atoms with E-state index < -0.39 is 0 Å². The summed E-state index contributed by atoms with van der Waals surface area (Å²) in [6.07, 6.45) is 6.60. The minimum absolute atomic E-state index is 0. The highest BCUT2D eigenvalue weighted by Crippen LogP contribution is 2.47. The van der Waals surface area contributed by atoms with Crippen molar-refractivity contribution in [3.63, 3.8) is 0 Å². The summed E-state index contributed by atoms with van der Waals surface area (Å²) in [6, 6.07) is 8.53. The summed E-state index contributed by atoms with van der Waals surface area (Å²) in [4.78, 5) is 6.95. The fraction of sp³-hybridized carbons (Fsp3) is 0.650. The van der Waals surface area contributed by atoms with E-state index in [2.05, 4.69) is 46.4 Å². The molecule has 1 spiro atoms. The van der Waals surface area contributed by atoms with Gasteiger partial charge in [0, 0.05) is 33.3 Å². The molecule has 1 aromatic rings. The average Bonchev–Trinajstić information content (AvgIpc) is 3.03. The van der Waals surface area contributed by atoms with Crippen LogP contribution < -0.4 is 5.32 Å². The van der Waals surface area contributed by atoms with Gasteiger partial charge in [0.2, 0.25) is 0 Å². The second-order valence-corrected chi connectivity index (χ2v) is 7.25. The Balaban J connectivity index is 0.00000225. The van der Waals surface area contributed by atoms with E-state index in [9.17, 15) is 0 Å². The van der Waals surface area contributed by atoms with Gasteiger partial charge in [-0.1, -0.05) is 37.6 Å². The van der Waals surface area contributed by atoms with E-state index in [0.717, 1.165) is 32.1 Å². The van der Waals surface area contributed by atoms with Gasteiger partial charge in [-0.25, -0.2) is 0 Å². The molecule has 2 fully saturated rings. The smallest absolute Gasteiger partial charge is 0.193 e. The predicted octanol–water partition coefficient (Wildman–Crippen LogP) is 4.18. The molecule has 0 aromatic heterocycles. The van der Waals surface area contributed by atoms with Crippen molar-refractivity contribution < 1.29 is 4.74 Å². The van der Waals surface area contributed by atoms with Crippen molar-refractivity contribution in [1.29, 1.82) is 0 Å². The largest absolute Gasteiger partial charge is 0.377 e. The van der Waals surface area contributed by atoms with E-state index in [1.807, 2.05) is 7.05 Å². The predicted molar refractivity (Wildman–Crippen MR) is 114 cm³/mol. The number of ether oxygens (including phenoxy) is 1. The Morgan fingerprint density at radius 3 is 2.60 bits per heavy atom.